The monoisotopic (exact) mass is 420 g/mol. The molecule has 156 valence electrons. The summed E-state index contributed by atoms with van der Waals surface area (Å²) in [6.07, 6.45) is 2.36. The molecule has 4 nitrogen and oxygen atoms in total. The van der Waals surface area contributed by atoms with Gasteiger partial charge in [-0.2, -0.15) is 0 Å². The fraction of sp³-hybridized carbons (Fsp3) is 0.320. The molecule has 5 heteroatoms. The molecule has 0 bridgehead atoms. The number of nitrogens with zero attached hydrogens (tertiary/aromatic N) is 1. The molecule has 1 aliphatic rings. The van der Waals surface area contributed by atoms with E-state index in [1.54, 1.807) is 0 Å². The zero-order valence-electron chi connectivity index (χ0n) is 17.1. The SMILES string of the molecule is O=C(NCC1CCCN(Cc2cccs2)C1)c1cccc(OCc2ccccc2)c1. The smallest absolute Gasteiger partial charge is 0.251 e. The van der Waals surface area contributed by atoms with Crippen LogP contribution in [-0.4, -0.2) is 30.4 Å². The number of likely N-dealkylation sites (tertiary alicyclic amines) is 1. The molecule has 1 amide bonds. The van der Waals surface area contributed by atoms with Crippen LogP contribution in [0.25, 0.3) is 0 Å². The van der Waals surface area contributed by atoms with Crippen molar-refractivity contribution >= 4 is 17.2 Å². The molecule has 1 unspecified atom stereocenters. The van der Waals surface area contributed by atoms with E-state index in [9.17, 15) is 4.79 Å². The molecule has 1 aliphatic heterocycles. The molecule has 2 aromatic carbocycles. The van der Waals surface area contributed by atoms with Crippen LogP contribution in [0.1, 0.15) is 33.6 Å². The molecule has 1 saturated heterocycles. The predicted molar refractivity (Wildman–Crippen MR) is 122 cm³/mol. The molecule has 3 aromatic rings. The Labute approximate surface area is 182 Å². The molecule has 0 aliphatic carbocycles. The van der Waals surface area contributed by atoms with Gasteiger partial charge in [-0.25, -0.2) is 0 Å². The number of carbonyl (C=O) groups excluding carboxylic acids is 1. The second kappa shape index (κ2) is 10.4. The molecule has 0 saturated carbocycles. The lowest BCUT2D eigenvalue weighted by Gasteiger charge is -2.32. The minimum absolute atomic E-state index is 0.0319. The lowest BCUT2D eigenvalue weighted by Crippen LogP contribution is -2.40. The highest BCUT2D eigenvalue weighted by Gasteiger charge is 2.21. The number of nitrogens with one attached hydrogen (secondary N) is 1. The van der Waals surface area contributed by atoms with Crippen molar-refractivity contribution < 1.29 is 9.53 Å². The van der Waals surface area contributed by atoms with E-state index >= 15 is 0 Å². The van der Waals surface area contributed by atoms with Gasteiger partial charge in [0.05, 0.1) is 0 Å². The van der Waals surface area contributed by atoms with Crippen LogP contribution in [0.3, 0.4) is 0 Å². The maximum Gasteiger partial charge on any atom is 0.251 e. The molecule has 30 heavy (non-hydrogen) atoms. The third-order valence-electron chi connectivity index (χ3n) is 5.46. The Bertz CT molecular complexity index is 927. The summed E-state index contributed by atoms with van der Waals surface area (Å²) in [7, 11) is 0. The van der Waals surface area contributed by atoms with Gasteiger partial charge in [0.15, 0.2) is 0 Å². The highest BCUT2D eigenvalue weighted by Crippen LogP contribution is 2.20. The van der Waals surface area contributed by atoms with Crippen LogP contribution in [-0.2, 0) is 13.2 Å². The average Bonchev–Trinajstić information content (AvgIpc) is 3.30. The largest absolute Gasteiger partial charge is 0.489 e. The standard InChI is InChI=1S/C25H28N2O2S/c28-25(22-10-4-11-23(15-22)29-19-20-7-2-1-3-8-20)26-16-21-9-5-13-27(17-21)18-24-12-6-14-30-24/h1-4,6-8,10-12,14-15,21H,5,9,13,16-19H2,(H,26,28). The van der Waals surface area contributed by atoms with Crippen molar-refractivity contribution in [1.82, 2.24) is 10.2 Å². The summed E-state index contributed by atoms with van der Waals surface area (Å²) < 4.78 is 5.86. The second-order valence-electron chi connectivity index (χ2n) is 7.83. The van der Waals surface area contributed by atoms with Crippen molar-refractivity contribution in [2.45, 2.75) is 26.0 Å². The normalized spacial score (nSPS) is 16.9. The van der Waals surface area contributed by atoms with E-state index in [0.717, 1.165) is 31.7 Å². The molecule has 0 radical (unpaired) electrons. The van der Waals surface area contributed by atoms with E-state index in [-0.39, 0.29) is 5.91 Å². The summed E-state index contributed by atoms with van der Waals surface area (Å²) in [5.74, 6) is 1.18. The number of piperidine rings is 1. The molecule has 1 N–H and O–H groups in total. The highest BCUT2D eigenvalue weighted by atomic mass is 32.1. The molecular weight excluding hydrogens is 392 g/mol. The van der Waals surface area contributed by atoms with Crippen LogP contribution < -0.4 is 10.1 Å². The van der Waals surface area contributed by atoms with E-state index < -0.39 is 0 Å². The average molecular weight is 421 g/mol. The minimum atomic E-state index is -0.0319. The Balaban J connectivity index is 1.26. The van der Waals surface area contributed by atoms with Gasteiger partial charge in [-0.15, -0.1) is 11.3 Å². The summed E-state index contributed by atoms with van der Waals surface area (Å²) in [5, 5.41) is 5.26. The molecular formula is C25H28N2O2S. The van der Waals surface area contributed by atoms with Gasteiger partial charge >= 0.3 is 0 Å². The summed E-state index contributed by atoms with van der Waals surface area (Å²) >= 11 is 1.81. The molecule has 1 atom stereocenters. The highest BCUT2D eigenvalue weighted by molar-refractivity contribution is 7.09. The Kier molecular flexibility index (Phi) is 7.16. The van der Waals surface area contributed by atoms with Crippen molar-refractivity contribution in [3.8, 4) is 5.75 Å². The minimum Gasteiger partial charge on any atom is -0.489 e. The van der Waals surface area contributed by atoms with Gasteiger partial charge in [-0.1, -0.05) is 42.5 Å². The van der Waals surface area contributed by atoms with E-state index in [4.69, 9.17) is 4.74 Å². The van der Waals surface area contributed by atoms with E-state index in [1.165, 1.54) is 17.7 Å². The fourth-order valence-corrected chi connectivity index (χ4v) is 4.64. The van der Waals surface area contributed by atoms with Crippen LogP contribution in [0, 0.1) is 5.92 Å². The number of thiophene rings is 1. The van der Waals surface area contributed by atoms with Crippen molar-refractivity contribution in [2.24, 2.45) is 5.92 Å². The molecule has 1 aromatic heterocycles. The fourth-order valence-electron chi connectivity index (χ4n) is 3.89. The third-order valence-corrected chi connectivity index (χ3v) is 6.32. The summed E-state index contributed by atoms with van der Waals surface area (Å²) in [6, 6.07) is 21.8. The van der Waals surface area contributed by atoms with Gasteiger partial charge < -0.3 is 10.1 Å². The lowest BCUT2D eigenvalue weighted by atomic mass is 9.98. The predicted octanol–water partition coefficient (Wildman–Crippen LogP) is 4.97. The van der Waals surface area contributed by atoms with Crippen LogP contribution in [0.5, 0.6) is 5.75 Å². The summed E-state index contributed by atoms with van der Waals surface area (Å²) in [5.41, 5.74) is 1.75. The Morgan fingerprint density at radius 1 is 1.10 bits per heavy atom. The van der Waals surface area contributed by atoms with E-state index in [0.29, 0.717) is 23.8 Å². The first-order valence-electron chi connectivity index (χ1n) is 10.6. The van der Waals surface area contributed by atoms with Gasteiger partial charge in [0.2, 0.25) is 0 Å². The van der Waals surface area contributed by atoms with Gasteiger partial charge in [-0.3, -0.25) is 9.69 Å². The van der Waals surface area contributed by atoms with E-state index in [1.807, 2.05) is 65.9 Å². The topological polar surface area (TPSA) is 41.6 Å². The Morgan fingerprint density at radius 3 is 2.83 bits per heavy atom. The number of hydrogen-bond acceptors (Lipinski definition) is 4. The number of benzene rings is 2. The van der Waals surface area contributed by atoms with Gasteiger partial charge in [0, 0.05) is 30.1 Å². The maximum atomic E-state index is 12.7. The van der Waals surface area contributed by atoms with E-state index in [2.05, 4.69) is 27.7 Å². The first-order valence-corrected chi connectivity index (χ1v) is 11.4. The van der Waals surface area contributed by atoms with Gasteiger partial charge in [-0.05, 0) is 60.5 Å². The molecule has 4 rings (SSSR count). The zero-order valence-corrected chi connectivity index (χ0v) is 17.9. The first kappa shape index (κ1) is 20.6. The summed E-state index contributed by atoms with van der Waals surface area (Å²) in [6.45, 7) is 4.41. The van der Waals surface area contributed by atoms with Crippen molar-refractivity contribution in [3.05, 3.63) is 88.1 Å². The van der Waals surface area contributed by atoms with Crippen LogP contribution in [0.4, 0.5) is 0 Å². The van der Waals surface area contributed by atoms with Crippen molar-refractivity contribution in [2.75, 3.05) is 19.6 Å². The Morgan fingerprint density at radius 2 is 2.00 bits per heavy atom. The molecule has 0 spiro atoms. The Hall–Kier alpha value is -2.63. The number of rotatable bonds is 8. The van der Waals surface area contributed by atoms with Gasteiger partial charge in [0.25, 0.3) is 5.91 Å². The van der Waals surface area contributed by atoms with Gasteiger partial charge in [0.1, 0.15) is 12.4 Å². The maximum absolute atomic E-state index is 12.7. The molecule has 2 heterocycles. The third kappa shape index (κ3) is 5.94. The van der Waals surface area contributed by atoms with Crippen molar-refractivity contribution in [3.63, 3.8) is 0 Å². The van der Waals surface area contributed by atoms with Crippen LogP contribution in [0.2, 0.25) is 0 Å². The quantitative estimate of drug-likeness (QED) is 0.559. The number of carbonyl (C=O) groups is 1. The summed E-state index contributed by atoms with van der Waals surface area (Å²) in [4.78, 5) is 16.6. The molecule has 1 fully saturated rings. The second-order valence-corrected chi connectivity index (χ2v) is 8.87. The lowest BCUT2D eigenvalue weighted by molar-refractivity contribution is 0.0930. The van der Waals surface area contributed by atoms with Crippen molar-refractivity contribution in [1.29, 1.82) is 0 Å². The first-order chi connectivity index (χ1) is 14.8. The number of ether oxygens (including phenoxy) is 1. The van der Waals surface area contributed by atoms with Crippen LogP contribution >= 0.6 is 11.3 Å². The number of hydrogen-bond donors (Lipinski definition) is 1. The number of amides is 1. The zero-order chi connectivity index (χ0) is 20.6. The van der Waals surface area contributed by atoms with Crippen LogP contribution in [0.15, 0.2) is 72.1 Å².